The maximum Gasteiger partial charge on any atom is 0.104 e. The van der Waals surface area contributed by atoms with Crippen LogP contribution in [0.5, 0.6) is 0 Å². The van der Waals surface area contributed by atoms with Gasteiger partial charge >= 0.3 is 0 Å². The molecule has 0 aliphatic heterocycles. The van der Waals surface area contributed by atoms with Crippen molar-refractivity contribution in [3.05, 3.63) is 0 Å². The highest BCUT2D eigenvalue weighted by Crippen LogP contribution is 1.91. The van der Waals surface area contributed by atoms with Crippen molar-refractivity contribution in [2.24, 2.45) is 0 Å². The molecule has 0 spiro atoms. The van der Waals surface area contributed by atoms with Gasteiger partial charge in [0.2, 0.25) is 0 Å². The van der Waals surface area contributed by atoms with Crippen LogP contribution in [0.25, 0.3) is 0 Å². The van der Waals surface area contributed by atoms with Crippen molar-refractivity contribution in [2.75, 3.05) is 52.9 Å². The molecule has 0 aliphatic rings. The van der Waals surface area contributed by atoms with Crippen LogP contribution >= 0.6 is 0 Å². The zero-order valence-corrected chi connectivity index (χ0v) is 12.4. The molecule has 0 saturated heterocycles. The standard InChI is InChI=1S/2C6H14O5/c7-1-5(10)4-11-6(2-8)3-9;7-1-5(9)3-11-4-6(10)2-8/h2*5-10H,1-4H2. The van der Waals surface area contributed by atoms with Crippen molar-refractivity contribution in [1.29, 1.82) is 0 Å². The van der Waals surface area contributed by atoms with Crippen LogP contribution in [-0.2, 0) is 9.47 Å². The molecule has 0 heterocycles. The third kappa shape index (κ3) is 16.0. The van der Waals surface area contributed by atoms with Crippen molar-refractivity contribution in [3.8, 4) is 0 Å². The molecule has 10 nitrogen and oxygen atoms in total. The molecular weight excluding hydrogens is 304 g/mol. The van der Waals surface area contributed by atoms with Gasteiger partial charge < -0.3 is 50.3 Å². The summed E-state index contributed by atoms with van der Waals surface area (Å²) in [4.78, 5) is 0. The van der Waals surface area contributed by atoms with Crippen molar-refractivity contribution < 1.29 is 50.3 Å². The number of aliphatic hydroxyl groups is 8. The number of hydrogen-bond acceptors (Lipinski definition) is 10. The molecule has 8 N–H and O–H groups in total. The molecule has 3 unspecified atom stereocenters. The monoisotopic (exact) mass is 332 g/mol. The normalized spacial score (nSPS) is 15.1. The Morgan fingerprint density at radius 2 is 0.909 bits per heavy atom. The van der Waals surface area contributed by atoms with Gasteiger partial charge in [-0.3, -0.25) is 0 Å². The molecule has 0 bridgehead atoms. The molecule has 0 aromatic rings. The fourth-order valence-corrected chi connectivity index (χ4v) is 0.909. The van der Waals surface area contributed by atoms with E-state index in [1.54, 1.807) is 0 Å². The van der Waals surface area contributed by atoms with E-state index in [2.05, 4.69) is 0 Å². The minimum Gasteiger partial charge on any atom is -0.394 e. The molecule has 10 heteroatoms. The van der Waals surface area contributed by atoms with E-state index in [0.29, 0.717) is 0 Å². The van der Waals surface area contributed by atoms with Crippen molar-refractivity contribution >= 4 is 0 Å². The predicted octanol–water partition coefficient (Wildman–Crippen LogP) is -4.58. The molecule has 0 amide bonds. The summed E-state index contributed by atoms with van der Waals surface area (Å²) in [6.45, 7) is -1.86. The van der Waals surface area contributed by atoms with Crippen LogP contribution in [0.15, 0.2) is 0 Å². The van der Waals surface area contributed by atoms with Crippen LogP contribution in [0.2, 0.25) is 0 Å². The van der Waals surface area contributed by atoms with Gasteiger partial charge in [0, 0.05) is 0 Å². The Morgan fingerprint density at radius 1 is 0.545 bits per heavy atom. The lowest BCUT2D eigenvalue weighted by molar-refractivity contribution is -0.0635. The molecule has 0 radical (unpaired) electrons. The number of aliphatic hydroxyl groups excluding tert-OH is 8. The van der Waals surface area contributed by atoms with Gasteiger partial charge in [0.25, 0.3) is 0 Å². The lowest BCUT2D eigenvalue weighted by atomic mass is 10.4. The molecule has 0 saturated carbocycles. The van der Waals surface area contributed by atoms with Crippen LogP contribution in [0.4, 0.5) is 0 Å². The summed E-state index contributed by atoms with van der Waals surface area (Å²) < 4.78 is 9.50. The van der Waals surface area contributed by atoms with Crippen LogP contribution in [0.1, 0.15) is 0 Å². The van der Waals surface area contributed by atoms with E-state index < -0.39 is 24.4 Å². The summed E-state index contributed by atoms with van der Waals surface area (Å²) in [6, 6.07) is 0. The van der Waals surface area contributed by atoms with Crippen LogP contribution in [0, 0.1) is 0 Å². The van der Waals surface area contributed by atoms with Gasteiger partial charge in [-0.05, 0) is 0 Å². The SMILES string of the molecule is OCC(O)COC(CO)CO.OCC(O)COCC(O)CO. The van der Waals surface area contributed by atoms with Crippen LogP contribution in [0.3, 0.4) is 0 Å². The van der Waals surface area contributed by atoms with E-state index in [-0.39, 0.29) is 52.9 Å². The second-order valence-corrected chi connectivity index (χ2v) is 4.37. The largest absolute Gasteiger partial charge is 0.394 e. The van der Waals surface area contributed by atoms with E-state index in [1.807, 2.05) is 0 Å². The Hall–Kier alpha value is -0.400. The first-order valence-corrected chi connectivity index (χ1v) is 6.72. The minimum absolute atomic E-state index is 0.0342. The minimum atomic E-state index is -0.949. The zero-order chi connectivity index (χ0) is 17.4. The molecular formula is C12H28O10. The van der Waals surface area contributed by atoms with E-state index in [1.165, 1.54) is 0 Å². The first-order chi connectivity index (χ1) is 10.4. The highest BCUT2D eigenvalue weighted by atomic mass is 16.5. The van der Waals surface area contributed by atoms with E-state index >= 15 is 0 Å². The van der Waals surface area contributed by atoms with Gasteiger partial charge in [-0.15, -0.1) is 0 Å². The highest BCUT2D eigenvalue weighted by Gasteiger charge is 2.08. The topological polar surface area (TPSA) is 180 Å². The zero-order valence-electron chi connectivity index (χ0n) is 12.4. The maximum absolute atomic E-state index is 8.76. The molecule has 0 aromatic carbocycles. The van der Waals surface area contributed by atoms with Crippen LogP contribution < -0.4 is 0 Å². The fraction of sp³-hybridized carbons (Fsp3) is 1.00. The van der Waals surface area contributed by atoms with Gasteiger partial charge in [-0.2, -0.15) is 0 Å². The van der Waals surface area contributed by atoms with Gasteiger partial charge in [0.15, 0.2) is 0 Å². The van der Waals surface area contributed by atoms with Crippen molar-refractivity contribution in [2.45, 2.75) is 24.4 Å². The van der Waals surface area contributed by atoms with E-state index in [9.17, 15) is 0 Å². The average Bonchev–Trinajstić information content (AvgIpc) is 2.55. The van der Waals surface area contributed by atoms with Gasteiger partial charge in [-0.25, -0.2) is 0 Å². The Labute approximate surface area is 128 Å². The predicted molar refractivity (Wildman–Crippen MR) is 74.0 cm³/mol. The molecule has 3 atom stereocenters. The first-order valence-electron chi connectivity index (χ1n) is 6.72. The molecule has 0 aliphatic carbocycles. The Balaban J connectivity index is 0. The smallest absolute Gasteiger partial charge is 0.104 e. The summed E-state index contributed by atoms with van der Waals surface area (Å²) in [7, 11) is 0. The molecule has 136 valence electrons. The lowest BCUT2D eigenvalue weighted by Gasteiger charge is -2.14. The number of hydrogen-bond donors (Lipinski definition) is 8. The van der Waals surface area contributed by atoms with E-state index in [4.69, 9.17) is 50.3 Å². The Kier molecular flexibility index (Phi) is 18.4. The Bertz CT molecular complexity index is 204. The van der Waals surface area contributed by atoms with E-state index in [0.717, 1.165) is 0 Å². The van der Waals surface area contributed by atoms with Crippen molar-refractivity contribution in [1.82, 2.24) is 0 Å². The summed E-state index contributed by atoms with van der Waals surface area (Å²) in [5.41, 5.74) is 0. The second kappa shape index (κ2) is 17.0. The fourth-order valence-electron chi connectivity index (χ4n) is 0.909. The number of rotatable bonds is 12. The molecule has 0 fully saturated rings. The average molecular weight is 332 g/mol. The number of ether oxygens (including phenoxy) is 2. The summed E-state index contributed by atoms with van der Waals surface area (Å²) in [5.74, 6) is 0. The summed E-state index contributed by atoms with van der Waals surface area (Å²) in [5, 5.41) is 68.1. The third-order valence-electron chi connectivity index (χ3n) is 2.18. The third-order valence-corrected chi connectivity index (χ3v) is 2.18. The van der Waals surface area contributed by atoms with Gasteiger partial charge in [0.1, 0.15) is 24.4 Å². The molecule has 0 rings (SSSR count). The van der Waals surface area contributed by atoms with Crippen LogP contribution in [-0.4, -0.2) is 118 Å². The van der Waals surface area contributed by atoms with Crippen molar-refractivity contribution in [3.63, 3.8) is 0 Å². The Morgan fingerprint density at radius 3 is 1.23 bits per heavy atom. The van der Waals surface area contributed by atoms with Gasteiger partial charge in [0.05, 0.1) is 52.9 Å². The second-order valence-electron chi connectivity index (χ2n) is 4.37. The maximum atomic E-state index is 8.76. The molecule has 22 heavy (non-hydrogen) atoms. The summed E-state index contributed by atoms with van der Waals surface area (Å²) >= 11 is 0. The summed E-state index contributed by atoms with van der Waals surface area (Å²) in [6.07, 6.45) is -3.45. The lowest BCUT2D eigenvalue weighted by Crippen LogP contribution is -2.28. The first kappa shape index (κ1) is 23.9. The molecule has 0 aromatic heterocycles. The van der Waals surface area contributed by atoms with Gasteiger partial charge in [-0.1, -0.05) is 0 Å². The quantitative estimate of drug-likeness (QED) is 0.173. The highest BCUT2D eigenvalue weighted by molar-refractivity contribution is 4.56.